The molecule has 1 aromatic rings. The number of carbonyl (C=O) groups is 3. The first-order chi connectivity index (χ1) is 10.5. The van der Waals surface area contributed by atoms with Crippen LogP contribution in [-0.2, 0) is 9.59 Å². The molecule has 2 amide bonds. The maximum Gasteiger partial charge on any atom is 0.258 e. The van der Waals surface area contributed by atoms with E-state index in [4.69, 9.17) is 9.47 Å². The van der Waals surface area contributed by atoms with Gasteiger partial charge < -0.3 is 20.1 Å². The first kappa shape index (κ1) is 18.0. The molecule has 22 heavy (non-hydrogen) atoms. The van der Waals surface area contributed by atoms with Crippen LogP contribution < -0.4 is 20.1 Å². The maximum atomic E-state index is 11.6. The number of halogens is 1. The number of amides is 2. The number of carbonyl (C=O) groups excluding carboxylic acids is 3. The Morgan fingerprint density at radius 1 is 1.23 bits per heavy atom. The number of hydrogen-bond acceptors (Lipinski definition) is 5. The van der Waals surface area contributed by atoms with Crippen LogP contribution in [0.5, 0.6) is 11.5 Å². The van der Waals surface area contributed by atoms with Crippen LogP contribution in [0.15, 0.2) is 16.6 Å². The van der Waals surface area contributed by atoms with Gasteiger partial charge in [0.15, 0.2) is 24.4 Å². The van der Waals surface area contributed by atoms with Gasteiger partial charge in [0.1, 0.15) is 0 Å². The number of aldehydes is 1. The summed E-state index contributed by atoms with van der Waals surface area (Å²) in [6.07, 6.45) is 0.658. The molecular formula is C14H17BrN2O5. The molecule has 0 aliphatic carbocycles. The number of nitrogens with one attached hydrogen (secondary N) is 2. The van der Waals surface area contributed by atoms with E-state index in [1.54, 1.807) is 13.0 Å². The largest absolute Gasteiger partial charge is 0.493 e. The molecule has 120 valence electrons. The van der Waals surface area contributed by atoms with Crippen LogP contribution in [0.4, 0.5) is 0 Å². The van der Waals surface area contributed by atoms with Crippen molar-refractivity contribution in [2.45, 2.75) is 6.92 Å². The zero-order valence-corrected chi connectivity index (χ0v) is 13.9. The van der Waals surface area contributed by atoms with Crippen LogP contribution in [0.3, 0.4) is 0 Å². The molecule has 1 rings (SSSR count). The fourth-order valence-corrected chi connectivity index (χ4v) is 1.96. The van der Waals surface area contributed by atoms with Gasteiger partial charge in [0.05, 0.1) is 13.7 Å². The van der Waals surface area contributed by atoms with E-state index in [-0.39, 0.29) is 24.8 Å². The zero-order valence-electron chi connectivity index (χ0n) is 12.3. The van der Waals surface area contributed by atoms with Crippen LogP contribution in [0.1, 0.15) is 17.3 Å². The van der Waals surface area contributed by atoms with Crippen molar-refractivity contribution in [3.8, 4) is 11.5 Å². The molecule has 0 aliphatic rings. The second-order valence-corrected chi connectivity index (χ2v) is 5.02. The molecule has 0 bridgehead atoms. The Morgan fingerprint density at radius 3 is 2.55 bits per heavy atom. The first-order valence-electron chi connectivity index (χ1n) is 6.50. The molecule has 8 heteroatoms. The molecule has 0 radical (unpaired) electrons. The van der Waals surface area contributed by atoms with Crippen molar-refractivity contribution in [2.24, 2.45) is 0 Å². The van der Waals surface area contributed by atoms with E-state index < -0.39 is 5.91 Å². The van der Waals surface area contributed by atoms with Crippen LogP contribution in [0.25, 0.3) is 0 Å². The van der Waals surface area contributed by atoms with E-state index in [2.05, 4.69) is 26.6 Å². The van der Waals surface area contributed by atoms with Crippen molar-refractivity contribution in [3.63, 3.8) is 0 Å². The van der Waals surface area contributed by atoms with Gasteiger partial charge >= 0.3 is 0 Å². The summed E-state index contributed by atoms with van der Waals surface area (Å²) in [5.74, 6) is -0.0841. The fraction of sp³-hybridized carbons (Fsp3) is 0.357. The van der Waals surface area contributed by atoms with Crippen molar-refractivity contribution >= 4 is 34.0 Å². The first-order valence-corrected chi connectivity index (χ1v) is 7.30. The summed E-state index contributed by atoms with van der Waals surface area (Å²) in [6.45, 7) is 1.87. The van der Waals surface area contributed by atoms with Crippen LogP contribution in [0, 0.1) is 0 Å². The fourth-order valence-electron chi connectivity index (χ4n) is 1.55. The van der Waals surface area contributed by atoms with Crippen LogP contribution >= 0.6 is 15.9 Å². The van der Waals surface area contributed by atoms with Crippen molar-refractivity contribution in [1.29, 1.82) is 0 Å². The molecule has 0 saturated heterocycles. The lowest BCUT2D eigenvalue weighted by Crippen LogP contribution is -2.38. The molecule has 0 atom stereocenters. The van der Waals surface area contributed by atoms with E-state index in [9.17, 15) is 14.4 Å². The molecule has 0 aliphatic heterocycles. The molecule has 0 heterocycles. The number of rotatable bonds is 8. The predicted molar refractivity (Wildman–Crippen MR) is 83.3 cm³/mol. The second-order valence-electron chi connectivity index (χ2n) is 4.16. The summed E-state index contributed by atoms with van der Waals surface area (Å²) in [5.41, 5.74) is 0.374. The van der Waals surface area contributed by atoms with Crippen LogP contribution in [-0.4, -0.2) is 44.9 Å². The Kier molecular flexibility index (Phi) is 7.38. The number of ether oxygens (including phenoxy) is 2. The minimum atomic E-state index is -0.455. The number of hydrogen-bond donors (Lipinski definition) is 2. The van der Waals surface area contributed by atoms with Gasteiger partial charge in [-0.3, -0.25) is 14.4 Å². The van der Waals surface area contributed by atoms with Gasteiger partial charge in [-0.15, -0.1) is 0 Å². The Labute approximate surface area is 136 Å². The molecule has 0 spiro atoms. The van der Waals surface area contributed by atoms with E-state index >= 15 is 0 Å². The lowest BCUT2D eigenvalue weighted by atomic mass is 10.2. The average molecular weight is 373 g/mol. The minimum absolute atomic E-state index is 0.118. The molecule has 0 fully saturated rings. The van der Waals surface area contributed by atoms with Gasteiger partial charge in [-0.2, -0.15) is 0 Å². The maximum absolute atomic E-state index is 11.6. The number of methoxy groups -OCH3 is 1. The molecule has 0 unspecified atom stereocenters. The lowest BCUT2D eigenvalue weighted by Gasteiger charge is -2.12. The Bertz CT molecular complexity index is 562. The van der Waals surface area contributed by atoms with Crippen LogP contribution in [0.2, 0.25) is 0 Å². The van der Waals surface area contributed by atoms with E-state index in [0.29, 0.717) is 28.6 Å². The summed E-state index contributed by atoms with van der Waals surface area (Å²) in [4.78, 5) is 33.7. The van der Waals surface area contributed by atoms with Gasteiger partial charge in [-0.05, 0) is 35.0 Å². The number of likely N-dealkylation sites (N-methyl/N-ethyl adjacent to an activating group) is 1. The van der Waals surface area contributed by atoms with Gasteiger partial charge in [0.2, 0.25) is 5.91 Å². The van der Waals surface area contributed by atoms with Crippen molar-refractivity contribution in [3.05, 3.63) is 22.2 Å². The summed E-state index contributed by atoms with van der Waals surface area (Å²) < 4.78 is 11.0. The van der Waals surface area contributed by atoms with Gasteiger partial charge in [-0.25, -0.2) is 0 Å². The smallest absolute Gasteiger partial charge is 0.258 e. The molecule has 0 saturated carbocycles. The van der Waals surface area contributed by atoms with Gasteiger partial charge in [0.25, 0.3) is 5.91 Å². The normalized spacial score (nSPS) is 9.77. The third-order valence-electron chi connectivity index (χ3n) is 2.59. The van der Waals surface area contributed by atoms with Gasteiger partial charge in [0, 0.05) is 16.6 Å². The molecule has 0 aromatic heterocycles. The van der Waals surface area contributed by atoms with E-state index in [0.717, 1.165) is 0 Å². The van der Waals surface area contributed by atoms with Crippen molar-refractivity contribution in [2.75, 3.05) is 26.8 Å². The predicted octanol–water partition coefficient (Wildman–Crippen LogP) is 0.901. The summed E-state index contributed by atoms with van der Waals surface area (Å²) in [5, 5.41) is 4.98. The average Bonchev–Trinajstić information content (AvgIpc) is 2.51. The lowest BCUT2D eigenvalue weighted by molar-refractivity contribution is -0.127. The highest BCUT2D eigenvalue weighted by Crippen LogP contribution is 2.32. The Hall–Kier alpha value is -2.09. The Morgan fingerprint density at radius 2 is 1.95 bits per heavy atom. The van der Waals surface area contributed by atoms with E-state index in [1.165, 1.54) is 13.2 Å². The highest BCUT2D eigenvalue weighted by Gasteiger charge is 2.12. The topological polar surface area (TPSA) is 93.7 Å². The standard InChI is InChI=1S/C14H17BrN2O5/c1-3-16-13(19)6-17-14(20)8-22-12-4-9(7-18)10(15)5-11(12)21-2/h4-5,7H,3,6,8H2,1-2H3,(H,16,19)(H,17,20). The summed E-state index contributed by atoms with van der Waals surface area (Å²) >= 11 is 3.23. The summed E-state index contributed by atoms with van der Waals surface area (Å²) in [6, 6.07) is 3.04. The SMILES string of the molecule is CCNC(=O)CNC(=O)COc1cc(C=O)c(Br)cc1OC. The Balaban J connectivity index is 2.61. The summed E-state index contributed by atoms with van der Waals surface area (Å²) in [7, 11) is 1.45. The third kappa shape index (κ3) is 5.36. The van der Waals surface area contributed by atoms with Gasteiger partial charge in [-0.1, -0.05) is 0 Å². The third-order valence-corrected chi connectivity index (χ3v) is 3.28. The quantitative estimate of drug-likeness (QED) is 0.661. The second kappa shape index (κ2) is 9.04. The molecule has 2 N–H and O–H groups in total. The molecular weight excluding hydrogens is 356 g/mol. The van der Waals surface area contributed by atoms with E-state index in [1.807, 2.05) is 0 Å². The monoisotopic (exact) mass is 372 g/mol. The number of benzene rings is 1. The van der Waals surface area contributed by atoms with Crippen molar-refractivity contribution < 1.29 is 23.9 Å². The van der Waals surface area contributed by atoms with Crippen molar-refractivity contribution in [1.82, 2.24) is 10.6 Å². The minimum Gasteiger partial charge on any atom is -0.493 e. The highest BCUT2D eigenvalue weighted by molar-refractivity contribution is 9.10. The highest BCUT2D eigenvalue weighted by atomic mass is 79.9. The molecule has 1 aromatic carbocycles. The molecule has 7 nitrogen and oxygen atoms in total. The zero-order chi connectivity index (χ0) is 16.5.